The van der Waals surface area contributed by atoms with Crippen LogP contribution in [0.25, 0.3) is 0 Å². The summed E-state index contributed by atoms with van der Waals surface area (Å²) in [4.78, 5) is 23.0. The molecule has 0 spiro atoms. The van der Waals surface area contributed by atoms with E-state index in [1.165, 1.54) is 11.1 Å². The van der Waals surface area contributed by atoms with E-state index in [2.05, 4.69) is 12.1 Å². The second-order valence-corrected chi connectivity index (χ2v) is 5.32. The van der Waals surface area contributed by atoms with Crippen molar-refractivity contribution in [3.8, 4) is 0 Å². The van der Waals surface area contributed by atoms with E-state index in [4.69, 9.17) is 9.47 Å². The maximum Gasteiger partial charge on any atom is 0.306 e. The van der Waals surface area contributed by atoms with Gasteiger partial charge in [0, 0.05) is 12.8 Å². The third-order valence-electron chi connectivity index (χ3n) is 3.60. The van der Waals surface area contributed by atoms with Gasteiger partial charge in [0.25, 0.3) is 0 Å². The van der Waals surface area contributed by atoms with Crippen molar-refractivity contribution < 1.29 is 19.1 Å². The maximum absolute atomic E-state index is 11.5. The molecule has 0 aliphatic rings. The fourth-order valence-electron chi connectivity index (χ4n) is 2.43. The Morgan fingerprint density at radius 2 is 1.23 bits per heavy atom. The second kappa shape index (κ2) is 9.23. The van der Waals surface area contributed by atoms with E-state index in [0.717, 1.165) is 11.1 Å². The minimum absolute atomic E-state index is 0.171. The number of hydrogen-bond donors (Lipinski definition) is 0. The maximum atomic E-state index is 11.5. The molecule has 0 atom stereocenters. The zero-order valence-corrected chi connectivity index (χ0v) is 14.0. The van der Waals surface area contributed by atoms with Crippen LogP contribution in [0.5, 0.6) is 0 Å². The van der Waals surface area contributed by atoms with E-state index in [1.807, 2.05) is 27.7 Å². The molecule has 0 bridgehead atoms. The van der Waals surface area contributed by atoms with Crippen LogP contribution < -0.4 is 0 Å². The molecule has 1 aromatic rings. The molecule has 0 aliphatic heterocycles. The lowest BCUT2D eigenvalue weighted by Crippen LogP contribution is -2.08. The van der Waals surface area contributed by atoms with Gasteiger partial charge in [-0.05, 0) is 62.8 Å². The minimum Gasteiger partial charge on any atom is -0.466 e. The van der Waals surface area contributed by atoms with Crippen LogP contribution in [0.1, 0.15) is 48.9 Å². The summed E-state index contributed by atoms with van der Waals surface area (Å²) >= 11 is 0. The van der Waals surface area contributed by atoms with Crippen molar-refractivity contribution in [1.82, 2.24) is 0 Å². The van der Waals surface area contributed by atoms with Crippen molar-refractivity contribution in [2.75, 3.05) is 13.2 Å². The lowest BCUT2D eigenvalue weighted by Gasteiger charge is -2.12. The van der Waals surface area contributed by atoms with Gasteiger partial charge in [-0.3, -0.25) is 9.59 Å². The van der Waals surface area contributed by atoms with Gasteiger partial charge in [0.05, 0.1) is 13.2 Å². The third-order valence-corrected chi connectivity index (χ3v) is 3.60. The van der Waals surface area contributed by atoms with Crippen molar-refractivity contribution in [1.29, 1.82) is 0 Å². The second-order valence-electron chi connectivity index (χ2n) is 5.32. The normalized spacial score (nSPS) is 10.4. The van der Waals surface area contributed by atoms with E-state index in [0.29, 0.717) is 38.9 Å². The molecule has 0 radical (unpaired) electrons. The predicted octanol–water partition coefficient (Wildman–Crippen LogP) is 3.29. The number of esters is 2. The molecule has 22 heavy (non-hydrogen) atoms. The Kier molecular flexibility index (Phi) is 7.64. The van der Waals surface area contributed by atoms with E-state index in [1.54, 1.807) is 0 Å². The summed E-state index contributed by atoms with van der Waals surface area (Å²) in [6, 6.07) is 4.21. The highest BCUT2D eigenvalue weighted by Gasteiger charge is 2.10. The summed E-state index contributed by atoms with van der Waals surface area (Å²) in [5, 5.41) is 0. The molecule has 0 unspecified atom stereocenters. The van der Waals surface area contributed by atoms with Crippen LogP contribution in [0, 0.1) is 13.8 Å². The first-order chi connectivity index (χ1) is 10.5. The summed E-state index contributed by atoms with van der Waals surface area (Å²) in [6.45, 7) is 8.53. The van der Waals surface area contributed by atoms with E-state index >= 15 is 0 Å². The highest BCUT2D eigenvalue weighted by molar-refractivity contribution is 5.70. The Morgan fingerprint density at radius 1 is 0.818 bits per heavy atom. The topological polar surface area (TPSA) is 52.6 Å². The van der Waals surface area contributed by atoms with Gasteiger partial charge in [0.2, 0.25) is 0 Å². The lowest BCUT2D eigenvalue weighted by molar-refractivity contribution is -0.143. The number of benzene rings is 1. The molecule has 0 saturated heterocycles. The van der Waals surface area contributed by atoms with Crippen LogP contribution in [0.4, 0.5) is 0 Å². The van der Waals surface area contributed by atoms with Crippen LogP contribution in [-0.4, -0.2) is 25.2 Å². The standard InChI is InChI=1S/C18H26O4/c1-5-21-17(19)9-7-15-12-16(14(4)11-13(15)3)8-10-18(20)22-6-2/h11-12H,5-10H2,1-4H3. The van der Waals surface area contributed by atoms with Gasteiger partial charge >= 0.3 is 11.9 Å². The lowest BCUT2D eigenvalue weighted by atomic mass is 9.95. The van der Waals surface area contributed by atoms with Gasteiger partial charge < -0.3 is 9.47 Å². The molecule has 0 saturated carbocycles. The number of rotatable bonds is 8. The monoisotopic (exact) mass is 306 g/mol. The van der Waals surface area contributed by atoms with E-state index < -0.39 is 0 Å². The zero-order valence-electron chi connectivity index (χ0n) is 14.0. The molecule has 0 heterocycles. The molecule has 122 valence electrons. The average Bonchev–Trinajstić information content (AvgIpc) is 2.46. The number of aryl methyl sites for hydroxylation is 4. The van der Waals surface area contributed by atoms with E-state index in [-0.39, 0.29) is 11.9 Å². The van der Waals surface area contributed by atoms with E-state index in [9.17, 15) is 9.59 Å². The summed E-state index contributed by atoms with van der Waals surface area (Å²) in [7, 11) is 0. The van der Waals surface area contributed by atoms with Gasteiger partial charge in [-0.2, -0.15) is 0 Å². The smallest absolute Gasteiger partial charge is 0.306 e. The first kappa shape index (κ1) is 18.2. The van der Waals surface area contributed by atoms with Gasteiger partial charge in [0.15, 0.2) is 0 Å². The highest BCUT2D eigenvalue weighted by Crippen LogP contribution is 2.19. The van der Waals surface area contributed by atoms with Crippen LogP contribution >= 0.6 is 0 Å². The molecule has 1 aromatic carbocycles. The van der Waals surface area contributed by atoms with Crippen molar-refractivity contribution in [3.63, 3.8) is 0 Å². The van der Waals surface area contributed by atoms with Gasteiger partial charge in [0.1, 0.15) is 0 Å². The molecule has 0 amide bonds. The Morgan fingerprint density at radius 3 is 1.59 bits per heavy atom. The molecule has 0 N–H and O–H groups in total. The largest absolute Gasteiger partial charge is 0.466 e. The molecule has 0 fully saturated rings. The number of hydrogen-bond acceptors (Lipinski definition) is 4. The average molecular weight is 306 g/mol. The van der Waals surface area contributed by atoms with Crippen LogP contribution in [0.2, 0.25) is 0 Å². The first-order valence-electron chi connectivity index (χ1n) is 7.88. The Balaban J connectivity index is 2.72. The highest BCUT2D eigenvalue weighted by atomic mass is 16.5. The summed E-state index contributed by atoms with van der Waals surface area (Å²) in [5.41, 5.74) is 4.61. The number of carbonyl (C=O) groups excluding carboxylic acids is 2. The van der Waals surface area contributed by atoms with Crippen molar-refractivity contribution in [2.24, 2.45) is 0 Å². The molecule has 4 heteroatoms. The third kappa shape index (κ3) is 5.88. The quantitative estimate of drug-likeness (QED) is 0.692. The first-order valence-corrected chi connectivity index (χ1v) is 7.88. The SMILES string of the molecule is CCOC(=O)CCc1cc(CCC(=O)OCC)c(C)cc1C. The molecule has 4 nitrogen and oxygen atoms in total. The Hall–Kier alpha value is -1.84. The summed E-state index contributed by atoms with van der Waals surface area (Å²) in [6.07, 6.45) is 2.10. The molecule has 0 aliphatic carbocycles. The van der Waals surface area contributed by atoms with Crippen molar-refractivity contribution in [3.05, 3.63) is 34.4 Å². The van der Waals surface area contributed by atoms with Gasteiger partial charge in [-0.25, -0.2) is 0 Å². The fraction of sp³-hybridized carbons (Fsp3) is 0.556. The molecular formula is C18H26O4. The molecule has 1 rings (SSSR count). The molecular weight excluding hydrogens is 280 g/mol. The Labute approximate surface area is 132 Å². The number of ether oxygens (including phenoxy) is 2. The fourth-order valence-corrected chi connectivity index (χ4v) is 2.43. The summed E-state index contributed by atoms with van der Waals surface area (Å²) < 4.78 is 9.93. The van der Waals surface area contributed by atoms with Gasteiger partial charge in [-0.15, -0.1) is 0 Å². The van der Waals surface area contributed by atoms with Crippen molar-refractivity contribution in [2.45, 2.75) is 53.4 Å². The van der Waals surface area contributed by atoms with Gasteiger partial charge in [-0.1, -0.05) is 12.1 Å². The number of carbonyl (C=O) groups is 2. The van der Waals surface area contributed by atoms with Crippen LogP contribution in [-0.2, 0) is 31.9 Å². The predicted molar refractivity (Wildman–Crippen MR) is 85.8 cm³/mol. The van der Waals surface area contributed by atoms with Crippen LogP contribution in [0.3, 0.4) is 0 Å². The Bertz CT molecular complexity index is 477. The minimum atomic E-state index is -0.171. The summed E-state index contributed by atoms with van der Waals surface area (Å²) in [5.74, 6) is -0.342. The zero-order chi connectivity index (χ0) is 16.5. The van der Waals surface area contributed by atoms with Crippen LogP contribution in [0.15, 0.2) is 12.1 Å². The van der Waals surface area contributed by atoms with Crippen molar-refractivity contribution >= 4 is 11.9 Å². The molecule has 0 aromatic heterocycles.